The van der Waals surface area contributed by atoms with Crippen LogP contribution < -0.4 is 0 Å². The zero-order valence-electron chi connectivity index (χ0n) is 6.32. The van der Waals surface area contributed by atoms with Crippen molar-refractivity contribution < 1.29 is 14.6 Å². The van der Waals surface area contributed by atoms with Crippen molar-refractivity contribution in [2.75, 3.05) is 13.2 Å². The second kappa shape index (κ2) is 3.53. The fourth-order valence-electron chi connectivity index (χ4n) is 1.25. The minimum absolute atomic E-state index is 0.0181. The van der Waals surface area contributed by atoms with E-state index in [0.29, 0.717) is 13.0 Å². The van der Waals surface area contributed by atoms with Crippen LogP contribution in [0.15, 0.2) is 12.7 Å². The average molecular weight is 156 g/mol. The van der Waals surface area contributed by atoms with Crippen molar-refractivity contribution in [1.29, 1.82) is 0 Å². The lowest BCUT2D eigenvalue weighted by atomic mass is 9.93. The Morgan fingerprint density at radius 3 is 3.09 bits per heavy atom. The first kappa shape index (κ1) is 8.27. The van der Waals surface area contributed by atoms with Gasteiger partial charge in [-0.15, -0.1) is 6.58 Å². The zero-order valence-corrected chi connectivity index (χ0v) is 6.32. The van der Waals surface area contributed by atoms with Crippen molar-refractivity contribution in [3.63, 3.8) is 0 Å². The van der Waals surface area contributed by atoms with Crippen LogP contribution in [-0.2, 0) is 9.53 Å². The molecule has 1 saturated heterocycles. The third-order valence-electron chi connectivity index (χ3n) is 1.97. The third-order valence-corrected chi connectivity index (χ3v) is 1.97. The summed E-state index contributed by atoms with van der Waals surface area (Å²) in [5, 5.41) is 8.81. The van der Waals surface area contributed by atoms with Crippen LogP contribution in [0.1, 0.15) is 6.42 Å². The maximum atomic E-state index is 11.0. The summed E-state index contributed by atoms with van der Waals surface area (Å²) in [6.45, 7) is 3.91. The van der Waals surface area contributed by atoms with Gasteiger partial charge < -0.3 is 9.84 Å². The number of rotatable bonds is 3. The number of allylic oxidation sites excluding steroid dienone is 1. The standard InChI is InChI=1S/C8H12O3/c1-2-3-7-6(4-9)5-11-8(7)10/h2,6-7,9H,1,3-5H2/t6-,7+/m1/s1. The van der Waals surface area contributed by atoms with E-state index in [1.165, 1.54) is 0 Å². The molecule has 0 saturated carbocycles. The molecule has 0 aliphatic carbocycles. The molecule has 3 nitrogen and oxygen atoms in total. The maximum Gasteiger partial charge on any atom is 0.309 e. The zero-order chi connectivity index (χ0) is 8.27. The van der Waals surface area contributed by atoms with Gasteiger partial charge in [-0.05, 0) is 6.42 Å². The Balaban J connectivity index is 2.55. The van der Waals surface area contributed by atoms with Gasteiger partial charge in [0.2, 0.25) is 0 Å². The number of esters is 1. The van der Waals surface area contributed by atoms with Crippen molar-refractivity contribution in [2.45, 2.75) is 6.42 Å². The summed E-state index contributed by atoms with van der Waals surface area (Å²) in [6, 6.07) is 0. The van der Waals surface area contributed by atoms with Crippen molar-refractivity contribution in [1.82, 2.24) is 0 Å². The molecule has 1 aliphatic heterocycles. The first-order valence-electron chi connectivity index (χ1n) is 3.68. The van der Waals surface area contributed by atoms with Gasteiger partial charge in [-0.2, -0.15) is 0 Å². The minimum atomic E-state index is -0.205. The second-order valence-electron chi connectivity index (χ2n) is 2.70. The maximum absolute atomic E-state index is 11.0. The predicted octanol–water partition coefficient (Wildman–Crippen LogP) is 0.344. The monoisotopic (exact) mass is 156 g/mol. The number of aliphatic hydroxyl groups is 1. The molecule has 0 unspecified atom stereocenters. The molecule has 1 N–H and O–H groups in total. The van der Waals surface area contributed by atoms with Crippen LogP contribution in [0.3, 0.4) is 0 Å². The van der Waals surface area contributed by atoms with Crippen molar-refractivity contribution in [2.24, 2.45) is 11.8 Å². The molecular formula is C8H12O3. The fourth-order valence-corrected chi connectivity index (χ4v) is 1.25. The van der Waals surface area contributed by atoms with E-state index >= 15 is 0 Å². The van der Waals surface area contributed by atoms with E-state index in [2.05, 4.69) is 6.58 Å². The van der Waals surface area contributed by atoms with E-state index in [4.69, 9.17) is 9.84 Å². The summed E-state index contributed by atoms with van der Waals surface area (Å²) in [5.41, 5.74) is 0. The summed E-state index contributed by atoms with van der Waals surface area (Å²) >= 11 is 0. The number of aliphatic hydroxyl groups excluding tert-OH is 1. The van der Waals surface area contributed by atoms with Gasteiger partial charge in [0.15, 0.2) is 0 Å². The van der Waals surface area contributed by atoms with Gasteiger partial charge >= 0.3 is 5.97 Å². The van der Waals surface area contributed by atoms with E-state index in [0.717, 1.165) is 0 Å². The van der Waals surface area contributed by atoms with Gasteiger partial charge in [0.25, 0.3) is 0 Å². The normalized spacial score (nSPS) is 30.1. The van der Waals surface area contributed by atoms with Gasteiger partial charge in [0, 0.05) is 12.5 Å². The van der Waals surface area contributed by atoms with Crippen molar-refractivity contribution >= 4 is 5.97 Å². The number of carbonyl (C=O) groups is 1. The van der Waals surface area contributed by atoms with Crippen LogP contribution in [-0.4, -0.2) is 24.3 Å². The number of hydrogen-bond acceptors (Lipinski definition) is 3. The van der Waals surface area contributed by atoms with E-state index in [1.54, 1.807) is 6.08 Å². The summed E-state index contributed by atoms with van der Waals surface area (Å²) in [4.78, 5) is 11.0. The molecule has 3 heteroatoms. The molecule has 1 heterocycles. The molecule has 1 fully saturated rings. The number of cyclic esters (lactones) is 1. The quantitative estimate of drug-likeness (QED) is 0.473. The fraction of sp³-hybridized carbons (Fsp3) is 0.625. The summed E-state index contributed by atoms with van der Waals surface area (Å²) in [7, 11) is 0. The van der Waals surface area contributed by atoms with Crippen LogP contribution in [0.4, 0.5) is 0 Å². The lowest BCUT2D eigenvalue weighted by molar-refractivity contribution is -0.141. The molecule has 0 radical (unpaired) electrons. The SMILES string of the molecule is C=CC[C@@H]1C(=O)OC[C@H]1CO. The molecule has 0 spiro atoms. The smallest absolute Gasteiger partial charge is 0.309 e. The largest absolute Gasteiger partial charge is 0.465 e. The minimum Gasteiger partial charge on any atom is -0.465 e. The molecule has 0 aromatic rings. The highest BCUT2D eigenvalue weighted by Gasteiger charge is 2.34. The van der Waals surface area contributed by atoms with Crippen LogP contribution in [0.5, 0.6) is 0 Å². The number of carbonyl (C=O) groups excluding carboxylic acids is 1. The average Bonchev–Trinajstić information content (AvgIpc) is 2.34. The Hall–Kier alpha value is -0.830. The molecule has 2 atom stereocenters. The molecule has 0 amide bonds. The van der Waals surface area contributed by atoms with Gasteiger partial charge in [-0.3, -0.25) is 4.79 Å². The van der Waals surface area contributed by atoms with Gasteiger partial charge in [0.05, 0.1) is 12.5 Å². The van der Waals surface area contributed by atoms with Crippen molar-refractivity contribution in [3.05, 3.63) is 12.7 Å². The summed E-state index contributed by atoms with van der Waals surface area (Å²) in [6.07, 6.45) is 2.28. The Bertz CT molecular complexity index is 165. The number of hydrogen-bond donors (Lipinski definition) is 1. The first-order chi connectivity index (χ1) is 5.29. The molecular weight excluding hydrogens is 144 g/mol. The lowest BCUT2D eigenvalue weighted by Crippen LogP contribution is -2.18. The van der Waals surface area contributed by atoms with Gasteiger partial charge in [0.1, 0.15) is 0 Å². The molecule has 11 heavy (non-hydrogen) atoms. The second-order valence-corrected chi connectivity index (χ2v) is 2.70. The summed E-state index contributed by atoms with van der Waals surface area (Å²) in [5.74, 6) is -0.401. The van der Waals surface area contributed by atoms with E-state index in [9.17, 15) is 4.79 Å². The molecule has 1 aliphatic rings. The molecule has 0 bridgehead atoms. The highest BCUT2D eigenvalue weighted by atomic mass is 16.5. The van der Waals surface area contributed by atoms with Crippen LogP contribution in [0.25, 0.3) is 0 Å². The van der Waals surface area contributed by atoms with Crippen LogP contribution in [0, 0.1) is 11.8 Å². The van der Waals surface area contributed by atoms with Gasteiger partial charge in [-0.1, -0.05) is 6.08 Å². The van der Waals surface area contributed by atoms with Gasteiger partial charge in [-0.25, -0.2) is 0 Å². The Morgan fingerprint density at radius 1 is 1.82 bits per heavy atom. The molecule has 1 rings (SSSR count). The topological polar surface area (TPSA) is 46.5 Å². The molecule has 62 valence electrons. The van der Waals surface area contributed by atoms with Crippen LogP contribution >= 0.6 is 0 Å². The Labute approximate surface area is 65.7 Å². The third kappa shape index (κ3) is 1.60. The first-order valence-corrected chi connectivity index (χ1v) is 3.68. The lowest BCUT2D eigenvalue weighted by Gasteiger charge is -2.08. The highest BCUT2D eigenvalue weighted by Crippen LogP contribution is 2.24. The highest BCUT2D eigenvalue weighted by molar-refractivity contribution is 5.74. The van der Waals surface area contributed by atoms with E-state index in [-0.39, 0.29) is 24.4 Å². The Kier molecular flexibility index (Phi) is 2.65. The van der Waals surface area contributed by atoms with E-state index < -0.39 is 0 Å². The Morgan fingerprint density at radius 2 is 2.55 bits per heavy atom. The molecule has 0 aromatic heterocycles. The number of ether oxygens (including phenoxy) is 1. The predicted molar refractivity (Wildman–Crippen MR) is 39.8 cm³/mol. The van der Waals surface area contributed by atoms with Crippen LogP contribution in [0.2, 0.25) is 0 Å². The van der Waals surface area contributed by atoms with Crippen molar-refractivity contribution in [3.8, 4) is 0 Å². The molecule has 0 aromatic carbocycles. The summed E-state index contributed by atoms with van der Waals surface area (Å²) < 4.78 is 4.77. The van der Waals surface area contributed by atoms with E-state index in [1.807, 2.05) is 0 Å².